The molecule has 0 aromatic rings. The van der Waals surface area contributed by atoms with Gasteiger partial charge in [0.25, 0.3) is 0 Å². The third-order valence-corrected chi connectivity index (χ3v) is 3.10. The molecule has 0 aromatic carbocycles. The second-order valence-electron chi connectivity index (χ2n) is 3.76. The average molecular weight is 173 g/mol. The predicted octanol–water partition coefficient (Wildman–Crippen LogP) is 1.48. The Bertz CT molecular complexity index is 141. The Morgan fingerprint density at radius 1 is 1.27 bits per heavy atom. The van der Waals surface area contributed by atoms with E-state index in [-0.39, 0.29) is 5.60 Å². The molecular formula is C8H15NOS. The monoisotopic (exact) mass is 173 g/mol. The lowest BCUT2D eigenvalue weighted by atomic mass is 10.3. The second kappa shape index (κ2) is 2.96. The first-order chi connectivity index (χ1) is 5.35. The normalized spacial score (nSPS) is 29.2. The van der Waals surface area contributed by atoms with E-state index in [4.69, 9.17) is 4.18 Å². The summed E-state index contributed by atoms with van der Waals surface area (Å²) in [4.78, 5) is 2.49. The minimum Gasteiger partial charge on any atom is -0.311 e. The SMILES string of the molecule is SOC1(CN2CCCC2)CC1. The molecule has 1 saturated carbocycles. The van der Waals surface area contributed by atoms with Crippen LogP contribution in [0.25, 0.3) is 0 Å². The van der Waals surface area contributed by atoms with E-state index in [9.17, 15) is 0 Å². The number of thiol groups is 1. The second-order valence-corrected chi connectivity index (χ2v) is 3.94. The van der Waals surface area contributed by atoms with Crippen LogP contribution in [0.5, 0.6) is 0 Å². The number of nitrogens with zero attached hydrogens (tertiary/aromatic N) is 1. The lowest BCUT2D eigenvalue weighted by molar-refractivity contribution is 0.154. The number of rotatable bonds is 3. The topological polar surface area (TPSA) is 12.5 Å². The van der Waals surface area contributed by atoms with Crippen LogP contribution in [0.2, 0.25) is 0 Å². The minimum atomic E-state index is 0.146. The third-order valence-electron chi connectivity index (χ3n) is 2.71. The van der Waals surface area contributed by atoms with Crippen LogP contribution in [-0.4, -0.2) is 30.1 Å². The van der Waals surface area contributed by atoms with Gasteiger partial charge in [0, 0.05) is 6.54 Å². The molecule has 2 aliphatic rings. The van der Waals surface area contributed by atoms with Crippen LogP contribution in [-0.2, 0) is 4.18 Å². The van der Waals surface area contributed by atoms with E-state index in [0.717, 1.165) is 6.54 Å². The van der Waals surface area contributed by atoms with Gasteiger partial charge in [0.05, 0.1) is 5.60 Å². The molecule has 0 spiro atoms. The van der Waals surface area contributed by atoms with Crippen LogP contribution >= 0.6 is 12.9 Å². The maximum absolute atomic E-state index is 5.16. The van der Waals surface area contributed by atoms with Crippen molar-refractivity contribution in [2.75, 3.05) is 19.6 Å². The molecule has 64 valence electrons. The zero-order valence-corrected chi connectivity index (χ0v) is 7.65. The molecule has 1 saturated heterocycles. The Balaban J connectivity index is 1.80. The van der Waals surface area contributed by atoms with Crippen molar-refractivity contribution in [3.8, 4) is 0 Å². The number of hydrogen-bond acceptors (Lipinski definition) is 3. The highest BCUT2D eigenvalue weighted by atomic mass is 32.1. The van der Waals surface area contributed by atoms with E-state index < -0.39 is 0 Å². The largest absolute Gasteiger partial charge is 0.311 e. The van der Waals surface area contributed by atoms with Gasteiger partial charge >= 0.3 is 0 Å². The van der Waals surface area contributed by atoms with Crippen molar-refractivity contribution in [1.82, 2.24) is 4.90 Å². The van der Waals surface area contributed by atoms with Crippen LogP contribution < -0.4 is 0 Å². The summed E-state index contributed by atoms with van der Waals surface area (Å²) in [7, 11) is 0. The van der Waals surface area contributed by atoms with Crippen molar-refractivity contribution >= 4 is 12.9 Å². The fraction of sp³-hybridized carbons (Fsp3) is 1.00. The molecule has 2 fully saturated rings. The molecule has 0 radical (unpaired) electrons. The Morgan fingerprint density at radius 3 is 2.36 bits per heavy atom. The number of hydrogen-bond donors (Lipinski definition) is 1. The molecule has 2 nitrogen and oxygen atoms in total. The van der Waals surface area contributed by atoms with Crippen LogP contribution in [0, 0.1) is 0 Å². The van der Waals surface area contributed by atoms with Gasteiger partial charge in [-0.2, -0.15) is 0 Å². The first-order valence-electron chi connectivity index (χ1n) is 4.40. The molecule has 0 atom stereocenters. The summed E-state index contributed by atoms with van der Waals surface area (Å²) in [5, 5.41) is 0. The molecular weight excluding hydrogens is 158 g/mol. The molecule has 3 heteroatoms. The first kappa shape index (κ1) is 7.90. The summed E-state index contributed by atoms with van der Waals surface area (Å²) in [5.74, 6) is 0. The van der Waals surface area contributed by atoms with Crippen molar-refractivity contribution in [2.45, 2.75) is 31.3 Å². The van der Waals surface area contributed by atoms with Crippen molar-refractivity contribution < 1.29 is 4.18 Å². The van der Waals surface area contributed by atoms with E-state index >= 15 is 0 Å². The molecule has 0 aromatic heterocycles. The Kier molecular flexibility index (Phi) is 2.12. The van der Waals surface area contributed by atoms with E-state index in [1.54, 1.807) is 0 Å². The Labute approximate surface area is 73.5 Å². The predicted molar refractivity (Wildman–Crippen MR) is 47.7 cm³/mol. The molecule has 11 heavy (non-hydrogen) atoms. The van der Waals surface area contributed by atoms with E-state index in [1.807, 2.05) is 0 Å². The summed E-state index contributed by atoms with van der Waals surface area (Å²) < 4.78 is 5.16. The maximum atomic E-state index is 5.16. The highest BCUT2D eigenvalue weighted by Crippen LogP contribution is 2.41. The molecule has 1 aliphatic carbocycles. The molecule has 0 bridgehead atoms. The van der Waals surface area contributed by atoms with Crippen molar-refractivity contribution in [3.63, 3.8) is 0 Å². The van der Waals surface area contributed by atoms with Gasteiger partial charge in [-0.15, -0.1) is 0 Å². The van der Waals surface area contributed by atoms with Crippen LogP contribution in [0.1, 0.15) is 25.7 Å². The fourth-order valence-corrected chi connectivity index (χ4v) is 2.01. The van der Waals surface area contributed by atoms with Gasteiger partial charge in [-0.25, -0.2) is 0 Å². The summed E-state index contributed by atoms with van der Waals surface area (Å²) >= 11 is 3.91. The molecule has 0 amide bonds. The zero-order valence-electron chi connectivity index (χ0n) is 6.75. The molecule has 0 unspecified atom stereocenters. The van der Waals surface area contributed by atoms with E-state index in [2.05, 4.69) is 17.8 Å². The maximum Gasteiger partial charge on any atom is 0.0954 e. The summed E-state index contributed by atoms with van der Waals surface area (Å²) in [6.07, 6.45) is 5.13. The van der Waals surface area contributed by atoms with Crippen molar-refractivity contribution in [2.24, 2.45) is 0 Å². The van der Waals surface area contributed by atoms with Gasteiger partial charge < -0.3 is 9.08 Å². The van der Waals surface area contributed by atoms with Crippen molar-refractivity contribution in [1.29, 1.82) is 0 Å². The van der Waals surface area contributed by atoms with Crippen LogP contribution in [0.15, 0.2) is 0 Å². The fourth-order valence-electron chi connectivity index (χ4n) is 1.77. The van der Waals surface area contributed by atoms with Gasteiger partial charge in [0.1, 0.15) is 0 Å². The lowest BCUT2D eigenvalue weighted by Crippen LogP contribution is -2.31. The molecule has 0 N–H and O–H groups in total. The van der Waals surface area contributed by atoms with Gasteiger partial charge in [0.2, 0.25) is 0 Å². The third kappa shape index (κ3) is 1.71. The van der Waals surface area contributed by atoms with Crippen molar-refractivity contribution in [3.05, 3.63) is 0 Å². The Morgan fingerprint density at radius 2 is 1.91 bits per heavy atom. The van der Waals surface area contributed by atoms with E-state index in [0.29, 0.717) is 0 Å². The summed E-state index contributed by atoms with van der Waals surface area (Å²) in [5.41, 5.74) is 0.146. The van der Waals surface area contributed by atoms with E-state index in [1.165, 1.54) is 38.8 Å². The van der Waals surface area contributed by atoms with Crippen LogP contribution in [0.3, 0.4) is 0 Å². The zero-order chi connectivity index (χ0) is 7.73. The van der Waals surface area contributed by atoms with Gasteiger partial charge in [-0.05, 0) is 51.7 Å². The molecule has 1 aliphatic heterocycles. The quantitative estimate of drug-likeness (QED) is 0.512. The standard InChI is InChI=1S/C8H15NOS/c11-10-8(3-4-8)7-9-5-1-2-6-9/h11H,1-7H2. The highest BCUT2D eigenvalue weighted by Gasteiger charge is 2.45. The summed E-state index contributed by atoms with van der Waals surface area (Å²) in [6, 6.07) is 0. The van der Waals surface area contributed by atoms with Gasteiger partial charge in [-0.3, -0.25) is 0 Å². The highest BCUT2D eigenvalue weighted by molar-refractivity contribution is 7.75. The van der Waals surface area contributed by atoms with Gasteiger partial charge in [0.15, 0.2) is 0 Å². The van der Waals surface area contributed by atoms with Gasteiger partial charge in [-0.1, -0.05) is 0 Å². The minimum absolute atomic E-state index is 0.146. The lowest BCUT2D eigenvalue weighted by Gasteiger charge is -2.20. The number of likely N-dealkylation sites (tertiary alicyclic amines) is 1. The average Bonchev–Trinajstić information content (AvgIpc) is 2.59. The Hall–Kier alpha value is 0.270. The van der Waals surface area contributed by atoms with Crippen LogP contribution in [0.4, 0.5) is 0 Å². The summed E-state index contributed by atoms with van der Waals surface area (Å²) in [6.45, 7) is 3.63. The first-order valence-corrected chi connectivity index (χ1v) is 4.76. The molecule has 1 heterocycles. The smallest absolute Gasteiger partial charge is 0.0954 e. The molecule has 2 rings (SSSR count).